The van der Waals surface area contributed by atoms with Crippen LogP contribution >= 0.6 is 0 Å². The maximum absolute atomic E-state index is 11.8. The predicted molar refractivity (Wildman–Crippen MR) is 51.2 cm³/mol. The van der Waals surface area contributed by atoms with Crippen LogP contribution in [0.2, 0.25) is 0 Å². The lowest BCUT2D eigenvalue weighted by Gasteiger charge is -2.21. The molecule has 3 heteroatoms. The molecule has 2 nitrogen and oxygen atoms in total. The molecule has 0 radical (unpaired) electrons. The van der Waals surface area contributed by atoms with Crippen LogP contribution in [0.15, 0.2) is 0 Å². The SMILES string of the molecule is CC1CN1S(=O)C1CCCCC1. The Morgan fingerprint density at radius 1 is 1.25 bits per heavy atom. The van der Waals surface area contributed by atoms with Crippen LogP contribution in [-0.4, -0.2) is 26.4 Å². The van der Waals surface area contributed by atoms with Crippen LogP contribution in [0.25, 0.3) is 0 Å². The highest BCUT2D eigenvalue weighted by Gasteiger charge is 2.38. The lowest BCUT2D eigenvalue weighted by molar-refractivity contribution is 0.495. The van der Waals surface area contributed by atoms with Gasteiger partial charge in [-0.1, -0.05) is 19.3 Å². The zero-order valence-electron chi connectivity index (χ0n) is 7.66. The number of rotatable bonds is 2. The van der Waals surface area contributed by atoms with E-state index in [0.717, 1.165) is 6.54 Å². The van der Waals surface area contributed by atoms with E-state index in [0.29, 0.717) is 11.3 Å². The first-order valence-corrected chi connectivity index (χ1v) is 6.13. The third-order valence-electron chi connectivity index (χ3n) is 2.87. The third kappa shape index (κ3) is 1.72. The third-order valence-corrected chi connectivity index (χ3v) is 4.88. The molecule has 2 fully saturated rings. The summed E-state index contributed by atoms with van der Waals surface area (Å²) in [6.07, 6.45) is 6.31. The summed E-state index contributed by atoms with van der Waals surface area (Å²) in [7, 11) is -0.644. The highest BCUT2D eigenvalue weighted by atomic mass is 32.2. The Hall–Kier alpha value is 0.110. The summed E-state index contributed by atoms with van der Waals surface area (Å²) in [6, 6.07) is 0.591. The van der Waals surface area contributed by atoms with Gasteiger partial charge in [0.05, 0.1) is 11.0 Å². The molecular formula is C9H17NOS. The maximum atomic E-state index is 11.8. The van der Waals surface area contributed by atoms with Gasteiger partial charge >= 0.3 is 0 Å². The van der Waals surface area contributed by atoms with E-state index in [-0.39, 0.29) is 0 Å². The van der Waals surface area contributed by atoms with Gasteiger partial charge in [-0.3, -0.25) is 0 Å². The minimum atomic E-state index is -0.644. The molecule has 0 bridgehead atoms. The van der Waals surface area contributed by atoms with Crippen LogP contribution in [-0.2, 0) is 11.0 Å². The van der Waals surface area contributed by atoms with E-state index in [4.69, 9.17) is 0 Å². The van der Waals surface area contributed by atoms with Crippen molar-refractivity contribution >= 4 is 11.0 Å². The van der Waals surface area contributed by atoms with E-state index in [1.54, 1.807) is 0 Å². The van der Waals surface area contributed by atoms with Crippen molar-refractivity contribution in [3.05, 3.63) is 0 Å². The lowest BCUT2D eigenvalue weighted by Crippen LogP contribution is -2.24. The molecule has 0 N–H and O–H groups in total. The molecule has 1 saturated heterocycles. The van der Waals surface area contributed by atoms with Gasteiger partial charge < -0.3 is 0 Å². The monoisotopic (exact) mass is 187 g/mol. The molecule has 1 heterocycles. The Labute approximate surface area is 76.9 Å². The van der Waals surface area contributed by atoms with Crippen LogP contribution in [0.5, 0.6) is 0 Å². The number of hydrogen-bond donors (Lipinski definition) is 0. The van der Waals surface area contributed by atoms with Crippen molar-refractivity contribution in [2.24, 2.45) is 0 Å². The van der Waals surface area contributed by atoms with Gasteiger partial charge in [-0.2, -0.15) is 0 Å². The first-order valence-electron chi connectivity index (χ1n) is 4.96. The van der Waals surface area contributed by atoms with Crippen molar-refractivity contribution in [3.63, 3.8) is 0 Å². The summed E-state index contributed by atoms with van der Waals surface area (Å²) in [6.45, 7) is 3.21. The normalized spacial score (nSPS) is 39.4. The first-order chi connectivity index (χ1) is 5.79. The predicted octanol–water partition coefficient (Wildman–Crippen LogP) is 1.69. The molecule has 0 aromatic heterocycles. The van der Waals surface area contributed by atoms with Gasteiger partial charge in [-0.05, 0) is 19.8 Å². The fraction of sp³-hybridized carbons (Fsp3) is 1.00. The zero-order chi connectivity index (χ0) is 8.55. The lowest BCUT2D eigenvalue weighted by atomic mass is 10.0. The van der Waals surface area contributed by atoms with Crippen molar-refractivity contribution in [2.75, 3.05) is 6.54 Å². The molecule has 0 spiro atoms. The molecule has 2 aliphatic rings. The molecule has 70 valence electrons. The van der Waals surface area contributed by atoms with Crippen LogP contribution in [0, 0.1) is 0 Å². The van der Waals surface area contributed by atoms with E-state index in [1.807, 2.05) is 0 Å². The molecular weight excluding hydrogens is 170 g/mol. The molecule has 1 aliphatic carbocycles. The van der Waals surface area contributed by atoms with Crippen molar-refractivity contribution in [2.45, 2.75) is 50.3 Å². The standard InChI is InChI=1S/C9H17NOS/c1-8-7-10(8)12(11)9-5-3-2-4-6-9/h8-9H,2-7H2,1H3. The average Bonchev–Trinajstić information content (AvgIpc) is 2.83. The molecule has 2 rings (SSSR count). The second kappa shape index (κ2) is 3.46. The van der Waals surface area contributed by atoms with Crippen LogP contribution in [0.4, 0.5) is 0 Å². The maximum Gasteiger partial charge on any atom is 0.0977 e. The van der Waals surface area contributed by atoms with Crippen molar-refractivity contribution in [3.8, 4) is 0 Å². The van der Waals surface area contributed by atoms with Gasteiger partial charge in [0.2, 0.25) is 0 Å². The highest BCUT2D eigenvalue weighted by molar-refractivity contribution is 7.83. The average molecular weight is 187 g/mol. The first kappa shape index (κ1) is 8.70. The van der Waals surface area contributed by atoms with Crippen molar-refractivity contribution in [1.82, 2.24) is 4.31 Å². The molecule has 0 aromatic carbocycles. The Bertz CT molecular complexity index is 189. The minimum Gasteiger partial charge on any atom is -0.242 e. The molecule has 0 amide bonds. The summed E-state index contributed by atoms with van der Waals surface area (Å²) < 4.78 is 13.9. The number of hydrogen-bond acceptors (Lipinski definition) is 1. The topological polar surface area (TPSA) is 20.1 Å². The summed E-state index contributed by atoms with van der Waals surface area (Å²) in [5, 5.41) is 0.490. The van der Waals surface area contributed by atoms with E-state index in [9.17, 15) is 4.21 Å². The van der Waals surface area contributed by atoms with E-state index >= 15 is 0 Å². The van der Waals surface area contributed by atoms with Gasteiger partial charge in [-0.15, -0.1) is 0 Å². The van der Waals surface area contributed by atoms with Crippen molar-refractivity contribution < 1.29 is 4.21 Å². The number of nitrogens with zero attached hydrogens (tertiary/aromatic N) is 1. The Kier molecular flexibility index (Phi) is 2.51. The van der Waals surface area contributed by atoms with Gasteiger partial charge in [0.25, 0.3) is 0 Å². The van der Waals surface area contributed by atoms with E-state index < -0.39 is 11.0 Å². The fourth-order valence-corrected chi connectivity index (χ4v) is 3.76. The molecule has 1 saturated carbocycles. The van der Waals surface area contributed by atoms with Crippen LogP contribution < -0.4 is 0 Å². The smallest absolute Gasteiger partial charge is 0.0977 e. The molecule has 3 atom stereocenters. The Morgan fingerprint density at radius 3 is 2.33 bits per heavy atom. The Balaban J connectivity index is 1.86. The van der Waals surface area contributed by atoms with E-state index in [2.05, 4.69) is 11.2 Å². The van der Waals surface area contributed by atoms with Crippen LogP contribution in [0.3, 0.4) is 0 Å². The second-order valence-corrected chi connectivity index (χ2v) is 5.67. The molecule has 0 aromatic rings. The summed E-state index contributed by atoms with van der Waals surface area (Å²) >= 11 is 0. The van der Waals surface area contributed by atoms with Gasteiger partial charge in [0.1, 0.15) is 0 Å². The molecule has 3 unspecified atom stereocenters. The Morgan fingerprint density at radius 2 is 1.83 bits per heavy atom. The largest absolute Gasteiger partial charge is 0.242 e. The molecule has 1 aliphatic heterocycles. The fourth-order valence-electron chi connectivity index (χ4n) is 1.92. The van der Waals surface area contributed by atoms with E-state index in [1.165, 1.54) is 32.1 Å². The highest BCUT2D eigenvalue weighted by Crippen LogP contribution is 2.29. The van der Waals surface area contributed by atoms with Crippen LogP contribution in [0.1, 0.15) is 39.0 Å². The second-order valence-electron chi connectivity index (χ2n) is 3.98. The zero-order valence-corrected chi connectivity index (χ0v) is 8.48. The summed E-state index contributed by atoms with van der Waals surface area (Å²) in [5.41, 5.74) is 0. The summed E-state index contributed by atoms with van der Waals surface area (Å²) in [5.74, 6) is 0. The van der Waals surface area contributed by atoms with Gasteiger partial charge in [0.15, 0.2) is 0 Å². The van der Waals surface area contributed by atoms with Crippen molar-refractivity contribution in [1.29, 1.82) is 0 Å². The van der Waals surface area contributed by atoms with Gasteiger partial charge in [0, 0.05) is 17.8 Å². The minimum absolute atomic E-state index is 0.490. The van der Waals surface area contributed by atoms with Gasteiger partial charge in [-0.25, -0.2) is 8.51 Å². The summed E-state index contributed by atoms with van der Waals surface area (Å²) in [4.78, 5) is 0. The quantitative estimate of drug-likeness (QED) is 0.602. The molecule has 12 heavy (non-hydrogen) atoms.